The quantitative estimate of drug-likeness (QED) is 0.798. The molecule has 0 spiro atoms. The number of carbonyl (C=O) groups excluding carboxylic acids is 1. The maximum absolute atomic E-state index is 12.3. The molecule has 126 valence electrons. The Morgan fingerprint density at radius 1 is 1.17 bits per heavy atom. The van der Waals surface area contributed by atoms with Crippen LogP contribution in [0.1, 0.15) is 45.1 Å². The first-order valence-corrected chi connectivity index (χ1v) is 8.58. The molecule has 2 unspecified atom stereocenters. The van der Waals surface area contributed by atoms with E-state index in [1.807, 2.05) is 24.3 Å². The Labute approximate surface area is 142 Å². The third kappa shape index (κ3) is 3.69. The Hall–Kier alpha value is -1.55. The van der Waals surface area contributed by atoms with Crippen LogP contribution in [-0.2, 0) is 15.0 Å². The van der Waals surface area contributed by atoms with Crippen LogP contribution < -0.4 is 5.32 Å². The summed E-state index contributed by atoms with van der Waals surface area (Å²) in [6.45, 7) is 4.73. The van der Waals surface area contributed by atoms with Gasteiger partial charge >= 0.3 is 5.97 Å². The highest BCUT2D eigenvalue weighted by molar-refractivity contribution is 6.30. The Morgan fingerprint density at radius 3 is 2.17 bits per heavy atom. The molecule has 2 N–H and O–H groups in total. The molecule has 1 aromatic carbocycles. The molecule has 0 heterocycles. The molecule has 0 saturated heterocycles. The van der Waals surface area contributed by atoms with E-state index in [0.717, 1.165) is 18.4 Å². The van der Waals surface area contributed by atoms with Crippen LogP contribution in [0.3, 0.4) is 0 Å². The summed E-state index contributed by atoms with van der Waals surface area (Å²) in [6, 6.07) is 7.74. The van der Waals surface area contributed by atoms with Crippen LogP contribution in [0.25, 0.3) is 0 Å². The first-order valence-electron chi connectivity index (χ1n) is 8.20. The number of benzene rings is 1. The molecule has 23 heavy (non-hydrogen) atoms. The normalized spacial score (nSPS) is 20.7. The van der Waals surface area contributed by atoms with E-state index in [4.69, 9.17) is 16.7 Å². The number of amides is 1. The van der Waals surface area contributed by atoms with Crippen molar-refractivity contribution in [3.05, 3.63) is 34.9 Å². The van der Waals surface area contributed by atoms with Crippen LogP contribution in [-0.4, -0.2) is 23.5 Å². The van der Waals surface area contributed by atoms with Gasteiger partial charge in [-0.15, -0.1) is 0 Å². The number of nitrogens with one attached hydrogen (secondary N) is 1. The maximum atomic E-state index is 12.3. The van der Waals surface area contributed by atoms with Crippen LogP contribution in [0.5, 0.6) is 0 Å². The number of carboxylic acids is 1. The van der Waals surface area contributed by atoms with Crippen LogP contribution in [0.4, 0.5) is 0 Å². The van der Waals surface area contributed by atoms with Crippen LogP contribution in [0.15, 0.2) is 24.3 Å². The number of carboxylic acid groups (broad SMARTS) is 1. The number of carbonyl (C=O) groups is 2. The van der Waals surface area contributed by atoms with Gasteiger partial charge in [0.05, 0.1) is 11.8 Å². The molecule has 1 aromatic rings. The molecule has 2 rings (SSSR count). The summed E-state index contributed by atoms with van der Waals surface area (Å²) < 4.78 is 0. The van der Waals surface area contributed by atoms with Crippen molar-refractivity contribution in [2.75, 3.05) is 6.54 Å². The molecule has 1 fully saturated rings. The molecule has 5 heteroatoms. The second-order valence-corrected chi connectivity index (χ2v) is 6.78. The second kappa shape index (κ2) is 7.35. The summed E-state index contributed by atoms with van der Waals surface area (Å²) in [5.74, 6) is -1.91. The summed E-state index contributed by atoms with van der Waals surface area (Å²) in [4.78, 5) is 23.4. The molecule has 2 atom stereocenters. The third-order valence-electron chi connectivity index (χ3n) is 5.34. The minimum absolute atomic E-state index is 0.135. The van der Waals surface area contributed by atoms with Crippen molar-refractivity contribution in [2.45, 2.75) is 44.9 Å². The molecular weight excluding hydrogens is 314 g/mol. The number of hydrogen-bond donors (Lipinski definition) is 2. The zero-order valence-corrected chi connectivity index (χ0v) is 14.4. The van der Waals surface area contributed by atoms with Gasteiger partial charge in [-0.2, -0.15) is 0 Å². The lowest BCUT2D eigenvalue weighted by atomic mass is 9.72. The SMILES string of the molecule is CCC(CC)(CNC(=O)C1CCC1C(=O)O)c1ccc(Cl)cc1. The van der Waals surface area contributed by atoms with Crippen LogP contribution in [0, 0.1) is 11.8 Å². The van der Waals surface area contributed by atoms with E-state index in [2.05, 4.69) is 19.2 Å². The highest BCUT2D eigenvalue weighted by Crippen LogP contribution is 2.36. The molecule has 0 aliphatic heterocycles. The number of aliphatic carboxylic acids is 1. The lowest BCUT2D eigenvalue weighted by Crippen LogP contribution is -2.48. The molecule has 1 aliphatic rings. The molecule has 0 radical (unpaired) electrons. The third-order valence-corrected chi connectivity index (χ3v) is 5.59. The van der Waals surface area contributed by atoms with Gasteiger partial charge in [-0.3, -0.25) is 9.59 Å². The first kappa shape index (κ1) is 17.8. The van der Waals surface area contributed by atoms with Crippen molar-refractivity contribution in [2.24, 2.45) is 11.8 Å². The van der Waals surface area contributed by atoms with E-state index in [1.165, 1.54) is 0 Å². The maximum Gasteiger partial charge on any atom is 0.307 e. The fraction of sp³-hybridized carbons (Fsp3) is 0.556. The minimum Gasteiger partial charge on any atom is -0.481 e. The van der Waals surface area contributed by atoms with Gasteiger partial charge in [0.1, 0.15) is 0 Å². The lowest BCUT2D eigenvalue weighted by molar-refractivity contribution is -0.152. The molecule has 1 amide bonds. The second-order valence-electron chi connectivity index (χ2n) is 6.34. The van der Waals surface area contributed by atoms with Crippen molar-refractivity contribution >= 4 is 23.5 Å². The fourth-order valence-corrected chi connectivity index (χ4v) is 3.44. The zero-order valence-electron chi connectivity index (χ0n) is 13.6. The first-order chi connectivity index (χ1) is 10.9. The monoisotopic (exact) mass is 337 g/mol. The fourth-order valence-electron chi connectivity index (χ4n) is 3.31. The highest BCUT2D eigenvalue weighted by atomic mass is 35.5. The minimum atomic E-state index is -0.869. The van der Waals surface area contributed by atoms with Gasteiger partial charge in [-0.1, -0.05) is 37.6 Å². The summed E-state index contributed by atoms with van der Waals surface area (Å²) >= 11 is 5.96. The van der Waals surface area contributed by atoms with Crippen LogP contribution in [0.2, 0.25) is 5.02 Å². The van der Waals surface area contributed by atoms with Gasteiger partial charge in [-0.05, 0) is 43.4 Å². The van der Waals surface area contributed by atoms with Crippen LogP contribution >= 0.6 is 11.6 Å². The van der Waals surface area contributed by atoms with E-state index in [1.54, 1.807) is 0 Å². The highest BCUT2D eigenvalue weighted by Gasteiger charge is 2.42. The van der Waals surface area contributed by atoms with Gasteiger partial charge in [0.2, 0.25) is 5.91 Å². The van der Waals surface area contributed by atoms with E-state index in [9.17, 15) is 9.59 Å². The average molecular weight is 338 g/mol. The standard InChI is InChI=1S/C18H24ClNO3/c1-3-18(4-2,12-5-7-13(19)8-6-12)11-20-16(21)14-9-10-15(14)17(22)23/h5-8,14-15H,3-4,9-11H2,1-2H3,(H,20,21)(H,22,23). The Kier molecular flexibility index (Phi) is 5.69. The van der Waals surface area contributed by atoms with Gasteiger partial charge in [0.15, 0.2) is 0 Å². The summed E-state index contributed by atoms with van der Waals surface area (Å²) in [5.41, 5.74) is 0.999. The smallest absolute Gasteiger partial charge is 0.307 e. The van der Waals surface area contributed by atoms with E-state index in [0.29, 0.717) is 24.4 Å². The van der Waals surface area contributed by atoms with Crippen molar-refractivity contribution in [1.82, 2.24) is 5.32 Å². The van der Waals surface area contributed by atoms with Gasteiger partial charge in [0, 0.05) is 17.0 Å². The predicted octanol–water partition coefficient (Wildman–Crippen LogP) is 3.62. The number of rotatable bonds is 7. The van der Waals surface area contributed by atoms with Gasteiger partial charge < -0.3 is 10.4 Å². The molecule has 4 nitrogen and oxygen atoms in total. The Bertz CT molecular complexity index is 566. The molecule has 1 aliphatic carbocycles. The number of hydrogen-bond acceptors (Lipinski definition) is 2. The molecule has 0 bridgehead atoms. The number of halogens is 1. The summed E-state index contributed by atoms with van der Waals surface area (Å²) in [7, 11) is 0. The van der Waals surface area contributed by atoms with Gasteiger partial charge in [-0.25, -0.2) is 0 Å². The summed E-state index contributed by atoms with van der Waals surface area (Å²) in [5, 5.41) is 12.8. The van der Waals surface area contributed by atoms with Crippen molar-refractivity contribution in [3.63, 3.8) is 0 Å². The van der Waals surface area contributed by atoms with Gasteiger partial charge in [0.25, 0.3) is 0 Å². The van der Waals surface area contributed by atoms with E-state index < -0.39 is 11.9 Å². The molecule has 1 saturated carbocycles. The topological polar surface area (TPSA) is 66.4 Å². The zero-order chi connectivity index (χ0) is 17.0. The van der Waals surface area contributed by atoms with Crippen molar-refractivity contribution in [3.8, 4) is 0 Å². The predicted molar refractivity (Wildman–Crippen MR) is 90.6 cm³/mol. The molecule has 0 aromatic heterocycles. The largest absolute Gasteiger partial charge is 0.481 e. The Morgan fingerprint density at radius 2 is 1.74 bits per heavy atom. The lowest BCUT2D eigenvalue weighted by Gasteiger charge is -2.36. The van der Waals surface area contributed by atoms with Crippen molar-refractivity contribution in [1.29, 1.82) is 0 Å². The average Bonchev–Trinajstić information content (AvgIpc) is 2.48. The van der Waals surface area contributed by atoms with E-state index in [-0.39, 0.29) is 17.2 Å². The van der Waals surface area contributed by atoms with Crippen molar-refractivity contribution < 1.29 is 14.7 Å². The summed E-state index contributed by atoms with van der Waals surface area (Å²) in [6.07, 6.45) is 3.03. The van der Waals surface area contributed by atoms with E-state index >= 15 is 0 Å². The Balaban J connectivity index is 2.06. The molecular formula is C18H24ClNO3.